The fourth-order valence-electron chi connectivity index (χ4n) is 2.13. The first-order valence-electron chi connectivity index (χ1n) is 7.26. The van der Waals surface area contributed by atoms with Gasteiger partial charge in [-0.15, -0.1) is 0 Å². The Morgan fingerprint density at radius 1 is 1.17 bits per heavy atom. The van der Waals surface area contributed by atoms with E-state index in [4.69, 9.17) is 16.3 Å². The van der Waals surface area contributed by atoms with Crippen molar-refractivity contribution in [3.63, 3.8) is 0 Å². The molecule has 1 amide bonds. The molecule has 0 aliphatic carbocycles. The number of carbonyl (C=O) groups is 1. The Morgan fingerprint density at radius 3 is 2.48 bits per heavy atom. The number of ether oxygens (including phenoxy) is 1. The van der Waals surface area contributed by atoms with Gasteiger partial charge in [0.25, 0.3) is 0 Å². The number of hydrogen-bond acceptors (Lipinski definition) is 2. The summed E-state index contributed by atoms with van der Waals surface area (Å²) < 4.78 is 5.11. The van der Waals surface area contributed by atoms with E-state index in [0.29, 0.717) is 5.02 Å². The second kappa shape index (κ2) is 8.26. The van der Waals surface area contributed by atoms with Crippen LogP contribution in [0.25, 0.3) is 0 Å². The zero-order valence-corrected chi connectivity index (χ0v) is 13.9. The Kier molecular flexibility index (Phi) is 6.08. The SMILES string of the molecule is Cc1cc(Cl)cc(C)c1C#CCNC(=O)OCc1ccccc1. The van der Waals surface area contributed by atoms with E-state index in [1.807, 2.05) is 56.3 Å². The summed E-state index contributed by atoms with van der Waals surface area (Å²) in [6, 6.07) is 13.3. The Labute approximate surface area is 141 Å². The summed E-state index contributed by atoms with van der Waals surface area (Å²) >= 11 is 5.99. The van der Waals surface area contributed by atoms with Crippen LogP contribution in [0.15, 0.2) is 42.5 Å². The first-order valence-corrected chi connectivity index (χ1v) is 7.64. The first-order chi connectivity index (χ1) is 11.1. The van der Waals surface area contributed by atoms with Gasteiger partial charge in [-0.2, -0.15) is 0 Å². The van der Waals surface area contributed by atoms with E-state index in [2.05, 4.69) is 17.2 Å². The monoisotopic (exact) mass is 327 g/mol. The van der Waals surface area contributed by atoms with Crippen LogP contribution in [0.5, 0.6) is 0 Å². The summed E-state index contributed by atoms with van der Waals surface area (Å²) in [7, 11) is 0. The molecule has 0 radical (unpaired) electrons. The third kappa shape index (κ3) is 5.36. The van der Waals surface area contributed by atoms with Crippen molar-refractivity contribution < 1.29 is 9.53 Å². The van der Waals surface area contributed by atoms with Gasteiger partial charge in [-0.3, -0.25) is 0 Å². The number of nitrogens with one attached hydrogen (secondary N) is 1. The third-order valence-electron chi connectivity index (χ3n) is 3.24. The lowest BCUT2D eigenvalue weighted by Gasteiger charge is -2.05. The molecule has 0 unspecified atom stereocenters. The van der Waals surface area contributed by atoms with Crippen molar-refractivity contribution in [1.82, 2.24) is 5.32 Å². The van der Waals surface area contributed by atoms with Crippen LogP contribution in [0.4, 0.5) is 4.79 Å². The van der Waals surface area contributed by atoms with Crippen LogP contribution in [0.2, 0.25) is 5.02 Å². The van der Waals surface area contributed by atoms with Crippen LogP contribution < -0.4 is 5.32 Å². The third-order valence-corrected chi connectivity index (χ3v) is 3.46. The van der Waals surface area contributed by atoms with E-state index >= 15 is 0 Å². The van der Waals surface area contributed by atoms with Crippen LogP contribution in [0.3, 0.4) is 0 Å². The molecule has 1 N–H and O–H groups in total. The van der Waals surface area contributed by atoms with Gasteiger partial charge in [0.15, 0.2) is 0 Å². The van der Waals surface area contributed by atoms with Crippen LogP contribution in [-0.2, 0) is 11.3 Å². The normalized spacial score (nSPS) is 9.70. The fraction of sp³-hybridized carbons (Fsp3) is 0.211. The molecule has 118 valence electrons. The van der Waals surface area contributed by atoms with E-state index in [1.54, 1.807) is 0 Å². The fourth-order valence-corrected chi connectivity index (χ4v) is 2.46. The quantitative estimate of drug-likeness (QED) is 0.856. The second-order valence-corrected chi connectivity index (χ2v) is 5.57. The topological polar surface area (TPSA) is 38.3 Å². The summed E-state index contributed by atoms with van der Waals surface area (Å²) in [5.74, 6) is 5.99. The minimum absolute atomic E-state index is 0.231. The lowest BCUT2D eigenvalue weighted by molar-refractivity contribution is 0.141. The van der Waals surface area contributed by atoms with E-state index in [9.17, 15) is 4.79 Å². The highest BCUT2D eigenvalue weighted by molar-refractivity contribution is 6.30. The Hall–Kier alpha value is -2.44. The van der Waals surface area contributed by atoms with Crippen molar-refractivity contribution >= 4 is 17.7 Å². The molecule has 2 aromatic carbocycles. The molecule has 0 aliphatic heterocycles. The molecular weight excluding hydrogens is 310 g/mol. The molecule has 0 heterocycles. The van der Waals surface area contributed by atoms with Gasteiger partial charge in [0.1, 0.15) is 6.61 Å². The Morgan fingerprint density at radius 2 is 1.83 bits per heavy atom. The molecule has 0 saturated heterocycles. The maximum absolute atomic E-state index is 11.6. The van der Waals surface area contributed by atoms with Crippen LogP contribution in [0.1, 0.15) is 22.3 Å². The molecule has 0 aromatic heterocycles. The number of alkyl carbamates (subject to hydrolysis) is 1. The van der Waals surface area contributed by atoms with Gasteiger partial charge in [-0.25, -0.2) is 4.79 Å². The van der Waals surface area contributed by atoms with Gasteiger partial charge in [0.2, 0.25) is 0 Å². The zero-order valence-electron chi connectivity index (χ0n) is 13.2. The van der Waals surface area contributed by atoms with Gasteiger partial charge < -0.3 is 10.1 Å². The summed E-state index contributed by atoms with van der Waals surface area (Å²) in [5.41, 5.74) is 3.93. The number of aryl methyl sites for hydroxylation is 2. The smallest absolute Gasteiger partial charge is 0.408 e. The molecular formula is C19H18ClNO2. The van der Waals surface area contributed by atoms with Gasteiger partial charge >= 0.3 is 6.09 Å². The van der Waals surface area contributed by atoms with Crippen molar-refractivity contribution in [1.29, 1.82) is 0 Å². The largest absolute Gasteiger partial charge is 0.445 e. The maximum atomic E-state index is 11.6. The number of hydrogen-bond donors (Lipinski definition) is 1. The second-order valence-electron chi connectivity index (χ2n) is 5.13. The molecule has 0 bridgehead atoms. The lowest BCUT2D eigenvalue weighted by Crippen LogP contribution is -2.24. The molecule has 2 aromatic rings. The molecule has 0 aliphatic rings. The molecule has 0 fully saturated rings. The minimum Gasteiger partial charge on any atom is -0.445 e. The van der Waals surface area contributed by atoms with Crippen molar-refractivity contribution in [2.75, 3.05) is 6.54 Å². The Balaban J connectivity index is 1.83. The van der Waals surface area contributed by atoms with Gasteiger partial charge in [-0.05, 0) is 42.7 Å². The van der Waals surface area contributed by atoms with E-state index in [0.717, 1.165) is 22.3 Å². The summed E-state index contributed by atoms with van der Waals surface area (Å²) in [5, 5.41) is 3.31. The van der Waals surface area contributed by atoms with Gasteiger partial charge in [0.05, 0.1) is 6.54 Å². The van der Waals surface area contributed by atoms with Crippen molar-refractivity contribution in [2.24, 2.45) is 0 Å². The van der Waals surface area contributed by atoms with Crippen LogP contribution >= 0.6 is 11.6 Å². The number of carbonyl (C=O) groups excluding carboxylic acids is 1. The predicted molar refractivity (Wildman–Crippen MR) is 92.4 cm³/mol. The number of rotatable bonds is 3. The predicted octanol–water partition coefficient (Wildman–Crippen LogP) is 4.23. The lowest BCUT2D eigenvalue weighted by atomic mass is 10.0. The number of amides is 1. The van der Waals surface area contributed by atoms with Gasteiger partial charge in [0, 0.05) is 10.6 Å². The van der Waals surface area contributed by atoms with Gasteiger partial charge in [-0.1, -0.05) is 53.8 Å². The summed E-state index contributed by atoms with van der Waals surface area (Å²) in [6.07, 6.45) is -0.479. The highest BCUT2D eigenvalue weighted by atomic mass is 35.5. The molecule has 0 saturated carbocycles. The molecule has 3 nitrogen and oxygen atoms in total. The standard InChI is InChI=1S/C19H18ClNO2/c1-14-11-17(20)12-15(2)18(14)9-6-10-21-19(22)23-13-16-7-4-3-5-8-16/h3-5,7-8,11-12H,10,13H2,1-2H3,(H,21,22). The van der Waals surface area contributed by atoms with Crippen molar-refractivity contribution in [2.45, 2.75) is 20.5 Å². The summed E-state index contributed by atoms with van der Waals surface area (Å²) in [6.45, 7) is 4.40. The van der Waals surface area contributed by atoms with E-state index < -0.39 is 6.09 Å². The molecule has 2 rings (SSSR count). The highest BCUT2D eigenvalue weighted by Crippen LogP contribution is 2.18. The number of halogens is 1. The van der Waals surface area contributed by atoms with E-state index in [-0.39, 0.29) is 13.2 Å². The molecule has 0 spiro atoms. The van der Waals surface area contributed by atoms with Crippen LogP contribution in [0, 0.1) is 25.7 Å². The molecule has 0 atom stereocenters. The average Bonchev–Trinajstić information content (AvgIpc) is 2.52. The van der Waals surface area contributed by atoms with E-state index in [1.165, 1.54) is 0 Å². The molecule has 4 heteroatoms. The number of benzene rings is 2. The first kappa shape index (κ1) is 16.9. The average molecular weight is 328 g/mol. The molecule has 23 heavy (non-hydrogen) atoms. The van der Waals surface area contributed by atoms with Crippen molar-refractivity contribution in [3.05, 3.63) is 69.7 Å². The highest BCUT2D eigenvalue weighted by Gasteiger charge is 2.02. The van der Waals surface area contributed by atoms with Crippen molar-refractivity contribution in [3.8, 4) is 11.8 Å². The summed E-state index contributed by atoms with van der Waals surface area (Å²) in [4.78, 5) is 11.6. The maximum Gasteiger partial charge on any atom is 0.408 e. The van der Waals surface area contributed by atoms with Crippen LogP contribution in [-0.4, -0.2) is 12.6 Å². The zero-order chi connectivity index (χ0) is 16.7. The minimum atomic E-state index is -0.479. The Bertz CT molecular complexity index is 722.